The number of nitrogens with zero attached hydrogens (tertiary/aromatic N) is 7. The molecule has 0 spiro atoms. The molecule has 218 valence electrons. The number of hydrogen-bond acceptors (Lipinski definition) is 11. The van der Waals surface area contributed by atoms with Crippen molar-refractivity contribution in [2.24, 2.45) is 0 Å². The van der Waals surface area contributed by atoms with E-state index in [2.05, 4.69) is 10.3 Å². The topological polar surface area (TPSA) is 215 Å². The molecular formula is C22H36N8O9. The number of carboxylic acid groups (broad SMARTS) is 3. The quantitative estimate of drug-likeness (QED) is 0.157. The fourth-order valence-electron chi connectivity index (χ4n) is 4.23. The van der Waals surface area contributed by atoms with Gasteiger partial charge in [-0.2, -0.15) is 0 Å². The van der Waals surface area contributed by atoms with Gasteiger partial charge in [0.15, 0.2) is 5.82 Å². The van der Waals surface area contributed by atoms with Crippen LogP contribution in [0.15, 0.2) is 6.20 Å². The molecule has 0 aromatic carbocycles. The molecule has 0 radical (unpaired) electrons. The number of nitrogens with one attached hydrogen (secondary N) is 1. The second kappa shape index (κ2) is 15.7. The molecule has 39 heavy (non-hydrogen) atoms. The molecule has 1 amide bonds. The first-order valence-electron chi connectivity index (χ1n) is 12.4. The fourth-order valence-corrected chi connectivity index (χ4v) is 4.23. The summed E-state index contributed by atoms with van der Waals surface area (Å²) in [6, 6.07) is 0. The number of hydrogen-bond donors (Lipinski definition) is 4. The minimum Gasteiger partial charge on any atom is -0.480 e. The lowest BCUT2D eigenvalue weighted by molar-refractivity contribution is -0.392. The molecule has 0 atom stereocenters. The van der Waals surface area contributed by atoms with E-state index in [4.69, 9.17) is 0 Å². The van der Waals surface area contributed by atoms with Crippen LogP contribution in [0.4, 0.5) is 5.82 Å². The van der Waals surface area contributed by atoms with Crippen LogP contribution in [0.3, 0.4) is 0 Å². The summed E-state index contributed by atoms with van der Waals surface area (Å²) in [5.74, 6) is -3.18. The highest BCUT2D eigenvalue weighted by atomic mass is 16.6. The maximum absolute atomic E-state index is 12.7. The standard InChI is InChI=1S/C22H36N8O9/c1-17-24-12-19(30(38)39)29(17)3-2-23-18(31)13-25-4-6-26(14-20(32)33)8-10-28(16-22(36)37)11-9-27(7-5-25)15-21(34)35/h12H,2-11,13-16H2,1H3,(H,23,31)(H,32,33)(H,34,35)(H,36,37). The van der Waals surface area contributed by atoms with Gasteiger partial charge in [0.25, 0.3) is 0 Å². The zero-order valence-electron chi connectivity index (χ0n) is 21.9. The first-order chi connectivity index (χ1) is 18.4. The number of aliphatic carboxylic acids is 3. The summed E-state index contributed by atoms with van der Waals surface area (Å²) in [7, 11) is 0. The van der Waals surface area contributed by atoms with E-state index in [-0.39, 0.29) is 77.2 Å². The Labute approximate surface area is 224 Å². The Kier molecular flexibility index (Phi) is 12.7. The van der Waals surface area contributed by atoms with Crippen LogP contribution in [0.1, 0.15) is 5.82 Å². The molecule has 4 N–H and O–H groups in total. The van der Waals surface area contributed by atoms with E-state index >= 15 is 0 Å². The second-order valence-electron chi connectivity index (χ2n) is 9.21. The smallest absolute Gasteiger partial charge is 0.342 e. The van der Waals surface area contributed by atoms with Crippen LogP contribution in [0.2, 0.25) is 0 Å². The summed E-state index contributed by atoms with van der Waals surface area (Å²) < 4.78 is 1.39. The predicted octanol–water partition coefficient (Wildman–Crippen LogP) is -2.31. The van der Waals surface area contributed by atoms with Gasteiger partial charge in [0.1, 0.15) is 12.7 Å². The molecule has 1 aliphatic heterocycles. The number of rotatable bonds is 12. The Morgan fingerprint density at radius 3 is 1.56 bits per heavy atom. The monoisotopic (exact) mass is 556 g/mol. The number of aromatic nitrogens is 2. The Morgan fingerprint density at radius 2 is 1.21 bits per heavy atom. The van der Waals surface area contributed by atoms with Crippen LogP contribution in [0.25, 0.3) is 0 Å². The molecule has 17 nitrogen and oxygen atoms in total. The Morgan fingerprint density at radius 1 is 0.821 bits per heavy atom. The Balaban J connectivity index is 2.05. The van der Waals surface area contributed by atoms with E-state index in [1.807, 2.05) is 0 Å². The molecule has 1 aromatic rings. The van der Waals surface area contributed by atoms with Crippen LogP contribution in [0, 0.1) is 17.0 Å². The number of carbonyl (C=O) groups is 4. The van der Waals surface area contributed by atoms with Crippen LogP contribution < -0.4 is 5.32 Å². The van der Waals surface area contributed by atoms with E-state index < -0.39 is 22.8 Å². The van der Waals surface area contributed by atoms with Crippen molar-refractivity contribution in [3.05, 3.63) is 22.1 Å². The lowest BCUT2D eigenvalue weighted by Crippen LogP contribution is -2.50. The zero-order valence-corrected chi connectivity index (χ0v) is 21.9. The van der Waals surface area contributed by atoms with Gasteiger partial charge in [0.2, 0.25) is 5.91 Å². The molecule has 2 heterocycles. The van der Waals surface area contributed by atoms with Crippen LogP contribution in [0.5, 0.6) is 0 Å². The summed E-state index contributed by atoms with van der Waals surface area (Å²) in [5, 5.41) is 41.7. The number of nitro groups is 1. The van der Waals surface area contributed by atoms with Gasteiger partial charge < -0.3 is 30.8 Å². The number of carboxylic acids is 3. The first kappa shape index (κ1) is 31.5. The normalized spacial score (nSPS) is 17.2. The molecule has 1 fully saturated rings. The largest absolute Gasteiger partial charge is 0.480 e. The maximum Gasteiger partial charge on any atom is 0.342 e. The van der Waals surface area contributed by atoms with Crippen molar-refractivity contribution in [1.82, 2.24) is 34.5 Å². The third-order valence-corrected chi connectivity index (χ3v) is 6.25. The SMILES string of the molecule is Cc1ncc([N+](=O)[O-])n1CCNC(=O)CN1CCN(CC(=O)O)CCN(CC(=O)O)CCN(CC(=O)O)CC1. The van der Waals surface area contributed by atoms with Crippen molar-refractivity contribution in [2.75, 3.05) is 85.1 Å². The zero-order chi connectivity index (χ0) is 28.9. The molecule has 0 saturated carbocycles. The summed E-state index contributed by atoms with van der Waals surface area (Å²) in [6.45, 7) is 3.42. The van der Waals surface area contributed by atoms with Crippen molar-refractivity contribution in [3.8, 4) is 0 Å². The highest BCUT2D eigenvalue weighted by Crippen LogP contribution is 2.12. The molecule has 0 bridgehead atoms. The fraction of sp³-hybridized carbons (Fsp3) is 0.682. The molecule has 17 heteroatoms. The highest BCUT2D eigenvalue weighted by Gasteiger charge is 2.22. The molecule has 0 unspecified atom stereocenters. The predicted molar refractivity (Wildman–Crippen MR) is 135 cm³/mol. The van der Waals surface area contributed by atoms with Crippen LogP contribution >= 0.6 is 0 Å². The molecule has 1 aromatic heterocycles. The lowest BCUT2D eigenvalue weighted by Gasteiger charge is -2.32. The van der Waals surface area contributed by atoms with E-state index in [9.17, 15) is 44.6 Å². The molecule has 1 saturated heterocycles. The second-order valence-corrected chi connectivity index (χ2v) is 9.21. The third kappa shape index (κ3) is 11.7. The molecule has 0 aliphatic carbocycles. The van der Waals surface area contributed by atoms with Crippen LogP contribution in [-0.2, 0) is 25.7 Å². The number of carbonyl (C=O) groups excluding carboxylic acids is 1. The van der Waals surface area contributed by atoms with Gasteiger partial charge in [-0.15, -0.1) is 0 Å². The average Bonchev–Trinajstić information content (AvgIpc) is 3.20. The van der Waals surface area contributed by atoms with Crippen molar-refractivity contribution in [3.63, 3.8) is 0 Å². The van der Waals surface area contributed by atoms with Gasteiger partial charge in [-0.05, 0) is 4.92 Å². The van der Waals surface area contributed by atoms with Gasteiger partial charge in [0, 0.05) is 59.3 Å². The van der Waals surface area contributed by atoms with Crippen molar-refractivity contribution >= 4 is 29.6 Å². The summed E-state index contributed by atoms with van der Waals surface area (Å²) in [6.07, 6.45) is 1.15. The number of imidazole rings is 1. The van der Waals surface area contributed by atoms with Gasteiger partial charge in [-0.3, -0.25) is 38.8 Å². The van der Waals surface area contributed by atoms with Gasteiger partial charge >= 0.3 is 23.7 Å². The van der Waals surface area contributed by atoms with Crippen molar-refractivity contribution in [1.29, 1.82) is 0 Å². The molecular weight excluding hydrogens is 520 g/mol. The number of amides is 1. The van der Waals surface area contributed by atoms with E-state index in [1.165, 1.54) is 4.57 Å². The first-order valence-corrected chi connectivity index (χ1v) is 12.4. The Bertz CT molecular complexity index is 986. The Hall–Kier alpha value is -3.67. The minimum atomic E-state index is -1.04. The maximum atomic E-state index is 12.7. The molecule has 1 aliphatic rings. The number of aryl methyl sites for hydroxylation is 1. The van der Waals surface area contributed by atoms with E-state index in [1.54, 1.807) is 26.5 Å². The van der Waals surface area contributed by atoms with Crippen molar-refractivity contribution < 1.29 is 39.4 Å². The highest BCUT2D eigenvalue weighted by molar-refractivity contribution is 5.78. The summed E-state index contributed by atoms with van der Waals surface area (Å²) >= 11 is 0. The minimum absolute atomic E-state index is 0.0437. The van der Waals surface area contributed by atoms with Crippen molar-refractivity contribution in [2.45, 2.75) is 13.5 Å². The summed E-state index contributed by atoms with van der Waals surface area (Å²) in [5.41, 5.74) is 0. The van der Waals surface area contributed by atoms with Gasteiger partial charge in [-0.1, -0.05) is 0 Å². The summed E-state index contributed by atoms with van der Waals surface area (Å²) in [4.78, 5) is 68.0. The van der Waals surface area contributed by atoms with E-state index in [0.29, 0.717) is 32.0 Å². The lowest BCUT2D eigenvalue weighted by atomic mass is 10.3. The van der Waals surface area contributed by atoms with Crippen LogP contribution in [-0.4, -0.2) is 158 Å². The average molecular weight is 557 g/mol. The third-order valence-electron chi connectivity index (χ3n) is 6.25. The van der Waals surface area contributed by atoms with E-state index in [0.717, 1.165) is 6.20 Å². The van der Waals surface area contributed by atoms with Gasteiger partial charge in [0.05, 0.1) is 32.7 Å². The van der Waals surface area contributed by atoms with Gasteiger partial charge in [-0.25, -0.2) is 9.55 Å². The molecule has 2 rings (SSSR count).